The van der Waals surface area contributed by atoms with Gasteiger partial charge in [-0.25, -0.2) is 0 Å². The largest absolute Gasteiger partial charge is 0.368 e. The maximum Gasteiger partial charge on any atom is 0.232 e. The molecule has 3 N–H and O–H groups in total. The minimum atomic E-state index is 0.247. The van der Waals surface area contributed by atoms with Gasteiger partial charge in [-0.1, -0.05) is 26.0 Å². The van der Waals surface area contributed by atoms with Crippen LogP contribution >= 0.6 is 11.8 Å². The minimum absolute atomic E-state index is 0.247. The molecule has 6 heteroatoms. The smallest absolute Gasteiger partial charge is 0.232 e. The summed E-state index contributed by atoms with van der Waals surface area (Å²) >= 11 is 1.78. The van der Waals surface area contributed by atoms with Crippen molar-refractivity contribution in [2.24, 2.45) is 0 Å². The Kier molecular flexibility index (Phi) is 5.01. The number of hydrogen-bond donors (Lipinski definition) is 2. The Morgan fingerprint density at radius 2 is 1.95 bits per heavy atom. The lowest BCUT2D eigenvalue weighted by atomic mass is 10.1. The quantitative estimate of drug-likeness (QED) is 0.881. The normalized spacial score (nSPS) is 10.9. The summed E-state index contributed by atoms with van der Waals surface area (Å²) in [7, 11) is 0. The lowest BCUT2D eigenvalue weighted by Gasteiger charge is -2.11. The maximum atomic E-state index is 5.78. The van der Waals surface area contributed by atoms with Crippen LogP contribution in [0.15, 0.2) is 18.2 Å². The molecule has 0 bridgehead atoms. The minimum Gasteiger partial charge on any atom is -0.368 e. The Morgan fingerprint density at radius 3 is 2.67 bits per heavy atom. The Morgan fingerprint density at radius 1 is 1.19 bits per heavy atom. The van der Waals surface area contributed by atoms with Gasteiger partial charge in [-0.2, -0.15) is 26.7 Å². The van der Waals surface area contributed by atoms with E-state index >= 15 is 0 Å². The van der Waals surface area contributed by atoms with Crippen LogP contribution in [0.5, 0.6) is 0 Å². The highest BCUT2D eigenvalue weighted by atomic mass is 32.2. The number of rotatable bonds is 5. The molecule has 0 spiro atoms. The van der Waals surface area contributed by atoms with Crippen molar-refractivity contribution in [2.45, 2.75) is 38.7 Å². The van der Waals surface area contributed by atoms with Crippen LogP contribution < -0.4 is 11.1 Å². The fourth-order valence-electron chi connectivity index (χ4n) is 1.81. The second-order valence-electron chi connectivity index (χ2n) is 5.17. The maximum absolute atomic E-state index is 5.78. The van der Waals surface area contributed by atoms with Gasteiger partial charge in [0.2, 0.25) is 11.9 Å². The predicted molar refractivity (Wildman–Crippen MR) is 89.9 cm³/mol. The van der Waals surface area contributed by atoms with Gasteiger partial charge in [0.1, 0.15) is 5.82 Å². The van der Waals surface area contributed by atoms with Gasteiger partial charge in [0, 0.05) is 5.69 Å². The molecule has 5 nitrogen and oxygen atoms in total. The third-order valence-corrected chi connectivity index (χ3v) is 4.19. The number of nitrogen functional groups attached to an aromatic ring is 1. The van der Waals surface area contributed by atoms with Crippen LogP contribution in [0.25, 0.3) is 0 Å². The van der Waals surface area contributed by atoms with Crippen molar-refractivity contribution in [1.29, 1.82) is 0 Å². The van der Waals surface area contributed by atoms with Crippen molar-refractivity contribution < 1.29 is 0 Å². The van der Waals surface area contributed by atoms with Gasteiger partial charge in [-0.05, 0) is 36.3 Å². The molecule has 0 aliphatic carbocycles. The molecular formula is C15H21N5S. The number of aryl methyl sites for hydroxylation is 1. The Labute approximate surface area is 129 Å². The molecule has 0 aliphatic rings. The van der Waals surface area contributed by atoms with E-state index in [2.05, 4.69) is 54.0 Å². The zero-order valence-electron chi connectivity index (χ0n) is 12.8. The number of anilines is 3. The van der Waals surface area contributed by atoms with E-state index in [1.807, 2.05) is 12.1 Å². The predicted octanol–water partition coefficient (Wildman–Crippen LogP) is 3.46. The fourth-order valence-corrected chi connectivity index (χ4v) is 2.42. The van der Waals surface area contributed by atoms with E-state index in [0.29, 0.717) is 17.0 Å². The van der Waals surface area contributed by atoms with Crippen LogP contribution in [0, 0.1) is 13.8 Å². The monoisotopic (exact) mass is 303 g/mol. The van der Waals surface area contributed by atoms with Gasteiger partial charge in [0.25, 0.3) is 0 Å². The van der Waals surface area contributed by atoms with Crippen molar-refractivity contribution in [3.8, 4) is 0 Å². The molecule has 21 heavy (non-hydrogen) atoms. The van der Waals surface area contributed by atoms with Gasteiger partial charge in [0.05, 0.1) is 5.75 Å². The average Bonchev–Trinajstić information content (AvgIpc) is 2.41. The van der Waals surface area contributed by atoms with Crippen molar-refractivity contribution in [3.63, 3.8) is 0 Å². The third kappa shape index (κ3) is 4.32. The second kappa shape index (κ2) is 6.76. The fraction of sp³-hybridized carbons (Fsp3) is 0.400. The molecule has 2 aromatic rings. The van der Waals surface area contributed by atoms with Crippen LogP contribution in [0.4, 0.5) is 17.6 Å². The molecular weight excluding hydrogens is 282 g/mol. The zero-order chi connectivity index (χ0) is 15.4. The topological polar surface area (TPSA) is 76.7 Å². The lowest BCUT2D eigenvalue weighted by Crippen LogP contribution is -2.07. The number of nitrogens with one attached hydrogen (secondary N) is 1. The van der Waals surface area contributed by atoms with Gasteiger partial charge in [0.15, 0.2) is 0 Å². The highest BCUT2D eigenvalue weighted by Gasteiger charge is 2.08. The van der Waals surface area contributed by atoms with Gasteiger partial charge >= 0.3 is 0 Å². The molecule has 1 aromatic carbocycles. The standard InChI is InChI=1S/C15H21N5S/c1-9(2)21-8-13-18-14(16)20-15(19-13)17-12-7-5-6-10(3)11(12)4/h5-7,9H,8H2,1-4H3,(H3,16,17,18,19,20). The van der Waals surface area contributed by atoms with E-state index in [1.165, 1.54) is 11.1 Å². The second-order valence-corrected chi connectivity index (χ2v) is 6.73. The highest BCUT2D eigenvalue weighted by molar-refractivity contribution is 7.99. The summed E-state index contributed by atoms with van der Waals surface area (Å²) in [6.45, 7) is 8.43. The van der Waals surface area contributed by atoms with E-state index in [-0.39, 0.29) is 5.95 Å². The van der Waals surface area contributed by atoms with Crippen LogP contribution in [0.3, 0.4) is 0 Å². The van der Waals surface area contributed by atoms with Crippen LogP contribution in [0.2, 0.25) is 0 Å². The third-order valence-electron chi connectivity index (χ3n) is 3.10. The molecule has 1 aromatic heterocycles. The summed E-state index contributed by atoms with van der Waals surface area (Å²) in [6.07, 6.45) is 0. The van der Waals surface area contributed by atoms with Crippen LogP contribution in [-0.2, 0) is 5.75 Å². The van der Waals surface area contributed by atoms with Crippen molar-refractivity contribution >= 4 is 29.3 Å². The van der Waals surface area contributed by atoms with Gasteiger partial charge in [-0.15, -0.1) is 0 Å². The molecule has 0 saturated heterocycles. The van der Waals surface area contributed by atoms with Gasteiger partial charge in [-0.3, -0.25) is 0 Å². The number of benzene rings is 1. The number of hydrogen-bond acceptors (Lipinski definition) is 6. The number of aromatic nitrogens is 3. The summed E-state index contributed by atoms with van der Waals surface area (Å²) in [5.74, 6) is 2.17. The zero-order valence-corrected chi connectivity index (χ0v) is 13.7. The van der Waals surface area contributed by atoms with Gasteiger partial charge < -0.3 is 11.1 Å². The molecule has 0 saturated carbocycles. The lowest BCUT2D eigenvalue weighted by molar-refractivity contribution is 0.976. The molecule has 0 atom stereocenters. The Bertz CT molecular complexity index is 627. The van der Waals surface area contributed by atoms with Crippen LogP contribution in [0.1, 0.15) is 30.8 Å². The average molecular weight is 303 g/mol. The highest BCUT2D eigenvalue weighted by Crippen LogP contribution is 2.22. The first kappa shape index (κ1) is 15.6. The molecule has 2 rings (SSSR count). The Hall–Kier alpha value is -1.82. The first-order chi connectivity index (χ1) is 9.95. The first-order valence-electron chi connectivity index (χ1n) is 6.91. The van der Waals surface area contributed by atoms with E-state index in [9.17, 15) is 0 Å². The number of nitrogens with two attached hydrogens (primary N) is 1. The summed E-state index contributed by atoms with van der Waals surface area (Å²) in [6, 6.07) is 6.09. The number of nitrogens with zero attached hydrogens (tertiary/aromatic N) is 3. The first-order valence-corrected chi connectivity index (χ1v) is 7.96. The van der Waals surface area contributed by atoms with Crippen molar-refractivity contribution in [3.05, 3.63) is 35.2 Å². The van der Waals surface area contributed by atoms with Crippen LogP contribution in [-0.4, -0.2) is 20.2 Å². The molecule has 0 fully saturated rings. The number of thioether (sulfide) groups is 1. The van der Waals surface area contributed by atoms with E-state index in [0.717, 1.165) is 11.4 Å². The summed E-state index contributed by atoms with van der Waals surface area (Å²) in [4.78, 5) is 12.8. The molecule has 112 valence electrons. The van der Waals surface area contributed by atoms with E-state index in [4.69, 9.17) is 5.73 Å². The van der Waals surface area contributed by atoms with Crippen molar-refractivity contribution in [2.75, 3.05) is 11.1 Å². The molecule has 0 aliphatic heterocycles. The summed E-state index contributed by atoms with van der Waals surface area (Å²) in [5, 5.41) is 3.76. The summed E-state index contributed by atoms with van der Waals surface area (Å²) in [5.41, 5.74) is 9.16. The molecule has 0 radical (unpaired) electrons. The van der Waals surface area contributed by atoms with E-state index < -0.39 is 0 Å². The van der Waals surface area contributed by atoms with E-state index in [1.54, 1.807) is 11.8 Å². The summed E-state index contributed by atoms with van der Waals surface area (Å²) < 4.78 is 0. The Balaban J connectivity index is 2.21. The molecule has 0 unspecified atom stereocenters. The molecule has 1 heterocycles. The van der Waals surface area contributed by atoms with Crippen molar-refractivity contribution in [1.82, 2.24) is 15.0 Å². The molecule has 0 amide bonds. The SMILES string of the molecule is Cc1cccc(Nc2nc(N)nc(CSC(C)C)n2)c1C.